The lowest BCUT2D eigenvalue weighted by molar-refractivity contribution is 0.0372. The number of aliphatic imine (C=N–C) groups is 1. The molecule has 0 atom stereocenters. The number of hydrogen-bond donors (Lipinski definition) is 2. The molecule has 24 heavy (non-hydrogen) atoms. The van der Waals surface area contributed by atoms with E-state index in [-0.39, 0.29) is 5.82 Å². The van der Waals surface area contributed by atoms with Crippen molar-refractivity contribution in [3.63, 3.8) is 0 Å². The Bertz CT molecular complexity index is 486. The Morgan fingerprint density at radius 3 is 2.54 bits per heavy atom. The molecule has 0 saturated carbocycles. The van der Waals surface area contributed by atoms with Crippen molar-refractivity contribution in [2.75, 3.05) is 53.0 Å². The third kappa shape index (κ3) is 7.27. The first-order valence-corrected chi connectivity index (χ1v) is 8.77. The Morgan fingerprint density at radius 1 is 1.12 bits per heavy atom. The van der Waals surface area contributed by atoms with Gasteiger partial charge in [-0.3, -0.25) is 9.89 Å². The van der Waals surface area contributed by atoms with Crippen molar-refractivity contribution in [2.45, 2.75) is 19.3 Å². The molecule has 2 rings (SSSR count). The van der Waals surface area contributed by atoms with E-state index < -0.39 is 0 Å². The molecule has 0 bridgehead atoms. The number of nitrogens with zero attached hydrogens (tertiary/aromatic N) is 2. The van der Waals surface area contributed by atoms with Crippen molar-refractivity contribution >= 4 is 5.96 Å². The molecule has 2 N–H and O–H groups in total. The summed E-state index contributed by atoms with van der Waals surface area (Å²) >= 11 is 0. The lowest BCUT2D eigenvalue weighted by atomic mass is 10.1. The minimum absolute atomic E-state index is 0.193. The van der Waals surface area contributed by atoms with Crippen LogP contribution < -0.4 is 10.6 Å². The monoisotopic (exact) mass is 336 g/mol. The summed E-state index contributed by atoms with van der Waals surface area (Å²) in [5.41, 5.74) is 1.12. The zero-order valence-electron chi connectivity index (χ0n) is 14.6. The van der Waals surface area contributed by atoms with Crippen molar-refractivity contribution in [3.8, 4) is 0 Å². The first-order valence-electron chi connectivity index (χ1n) is 8.77. The van der Waals surface area contributed by atoms with Gasteiger partial charge in [-0.25, -0.2) is 4.39 Å². The number of rotatable bonds is 8. The second-order valence-corrected chi connectivity index (χ2v) is 5.96. The minimum Gasteiger partial charge on any atom is -0.379 e. The van der Waals surface area contributed by atoms with Crippen LogP contribution in [0.5, 0.6) is 0 Å². The van der Waals surface area contributed by atoms with Crippen LogP contribution in [0.1, 0.15) is 18.4 Å². The van der Waals surface area contributed by atoms with Gasteiger partial charge in [-0.2, -0.15) is 0 Å². The summed E-state index contributed by atoms with van der Waals surface area (Å²) in [5.74, 6) is 0.629. The summed E-state index contributed by atoms with van der Waals surface area (Å²) < 4.78 is 18.2. The number of morpholine rings is 1. The van der Waals surface area contributed by atoms with E-state index >= 15 is 0 Å². The lowest BCUT2D eigenvalue weighted by Crippen LogP contribution is -2.39. The highest BCUT2D eigenvalue weighted by Crippen LogP contribution is 2.02. The van der Waals surface area contributed by atoms with Gasteiger partial charge in [0.15, 0.2) is 5.96 Å². The SMILES string of the molecule is CN=C(NCCCCN1CCOCC1)NCCc1ccc(F)cc1. The van der Waals surface area contributed by atoms with Gasteiger partial charge in [0, 0.05) is 33.2 Å². The van der Waals surface area contributed by atoms with Crippen LogP contribution in [0.25, 0.3) is 0 Å². The molecule has 0 aromatic heterocycles. The first kappa shape index (κ1) is 18.7. The van der Waals surface area contributed by atoms with Gasteiger partial charge in [0.05, 0.1) is 13.2 Å². The van der Waals surface area contributed by atoms with Gasteiger partial charge in [0.1, 0.15) is 5.82 Å². The predicted octanol–water partition coefficient (Wildman–Crippen LogP) is 1.65. The number of nitrogens with one attached hydrogen (secondary N) is 2. The molecule has 1 fully saturated rings. The molecule has 1 aliphatic rings. The highest BCUT2D eigenvalue weighted by Gasteiger charge is 2.09. The Morgan fingerprint density at radius 2 is 1.83 bits per heavy atom. The van der Waals surface area contributed by atoms with E-state index in [0.29, 0.717) is 0 Å². The van der Waals surface area contributed by atoms with Crippen LogP contribution in [-0.2, 0) is 11.2 Å². The van der Waals surface area contributed by atoms with E-state index in [9.17, 15) is 4.39 Å². The van der Waals surface area contributed by atoms with Gasteiger partial charge in [-0.05, 0) is 43.5 Å². The molecule has 1 saturated heterocycles. The summed E-state index contributed by atoms with van der Waals surface area (Å²) in [7, 11) is 1.78. The smallest absolute Gasteiger partial charge is 0.190 e. The van der Waals surface area contributed by atoms with Crippen molar-refractivity contribution < 1.29 is 9.13 Å². The highest BCUT2D eigenvalue weighted by atomic mass is 19.1. The number of unbranched alkanes of at least 4 members (excludes halogenated alkanes) is 1. The molecule has 1 aromatic rings. The Kier molecular flexibility index (Phi) is 8.55. The van der Waals surface area contributed by atoms with Crippen LogP contribution in [0.2, 0.25) is 0 Å². The van der Waals surface area contributed by atoms with Gasteiger partial charge in [0.2, 0.25) is 0 Å². The molecular weight excluding hydrogens is 307 g/mol. The summed E-state index contributed by atoms with van der Waals surface area (Å²) in [4.78, 5) is 6.69. The molecule has 1 aromatic carbocycles. The van der Waals surface area contributed by atoms with Crippen molar-refractivity contribution in [3.05, 3.63) is 35.6 Å². The zero-order chi connectivity index (χ0) is 17.0. The summed E-state index contributed by atoms with van der Waals surface area (Å²) in [6, 6.07) is 6.63. The minimum atomic E-state index is -0.193. The van der Waals surface area contributed by atoms with Crippen molar-refractivity contribution in [1.82, 2.24) is 15.5 Å². The number of ether oxygens (including phenoxy) is 1. The highest BCUT2D eigenvalue weighted by molar-refractivity contribution is 5.79. The van der Waals surface area contributed by atoms with E-state index in [2.05, 4.69) is 20.5 Å². The molecule has 134 valence electrons. The summed E-state index contributed by atoms with van der Waals surface area (Å²) in [6.45, 7) is 6.67. The van der Waals surface area contributed by atoms with Crippen LogP contribution in [0.15, 0.2) is 29.3 Å². The van der Waals surface area contributed by atoms with Crippen molar-refractivity contribution in [2.24, 2.45) is 4.99 Å². The molecule has 0 radical (unpaired) electrons. The van der Waals surface area contributed by atoms with Gasteiger partial charge in [-0.15, -0.1) is 0 Å². The molecule has 0 aliphatic carbocycles. The molecule has 0 spiro atoms. The Balaban J connectivity index is 1.52. The lowest BCUT2D eigenvalue weighted by Gasteiger charge is -2.26. The zero-order valence-corrected chi connectivity index (χ0v) is 14.6. The van der Waals surface area contributed by atoms with E-state index in [1.54, 1.807) is 7.05 Å². The van der Waals surface area contributed by atoms with Crippen LogP contribution in [0, 0.1) is 5.82 Å². The van der Waals surface area contributed by atoms with E-state index in [1.807, 2.05) is 12.1 Å². The van der Waals surface area contributed by atoms with Crippen LogP contribution in [-0.4, -0.2) is 63.8 Å². The first-order chi connectivity index (χ1) is 11.8. The Hall–Kier alpha value is -1.66. The fourth-order valence-electron chi connectivity index (χ4n) is 2.69. The fraction of sp³-hybridized carbons (Fsp3) is 0.611. The van der Waals surface area contributed by atoms with Gasteiger partial charge in [-0.1, -0.05) is 12.1 Å². The maximum Gasteiger partial charge on any atom is 0.190 e. The topological polar surface area (TPSA) is 48.9 Å². The molecule has 1 aliphatic heterocycles. The fourth-order valence-corrected chi connectivity index (χ4v) is 2.69. The largest absolute Gasteiger partial charge is 0.379 e. The summed E-state index contributed by atoms with van der Waals surface area (Å²) in [6.07, 6.45) is 3.15. The second-order valence-electron chi connectivity index (χ2n) is 5.96. The van der Waals surface area contributed by atoms with Gasteiger partial charge in [0.25, 0.3) is 0 Å². The van der Waals surface area contributed by atoms with Gasteiger partial charge >= 0.3 is 0 Å². The van der Waals surface area contributed by atoms with E-state index in [0.717, 1.165) is 70.3 Å². The number of guanidine groups is 1. The number of hydrogen-bond acceptors (Lipinski definition) is 3. The second kappa shape index (κ2) is 11.0. The quantitative estimate of drug-likeness (QED) is 0.430. The van der Waals surface area contributed by atoms with Gasteiger partial charge < -0.3 is 15.4 Å². The van der Waals surface area contributed by atoms with E-state index in [1.165, 1.54) is 18.6 Å². The maximum atomic E-state index is 12.9. The summed E-state index contributed by atoms with van der Waals surface area (Å²) in [5, 5.41) is 6.63. The number of benzene rings is 1. The average Bonchev–Trinajstić information content (AvgIpc) is 2.62. The molecule has 1 heterocycles. The normalized spacial score (nSPS) is 16.2. The van der Waals surface area contributed by atoms with Crippen LogP contribution in [0.3, 0.4) is 0 Å². The molecule has 5 nitrogen and oxygen atoms in total. The standard InChI is InChI=1S/C18H29FN4O/c1-20-18(22-10-8-16-4-6-17(19)7-5-16)21-9-2-3-11-23-12-14-24-15-13-23/h4-7H,2-3,8-15H2,1H3,(H2,20,21,22). The third-order valence-corrected chi connectivity index (χ3v) is 4.14. The maximum absolute atomic E-state index is 12.9. The predicted molar refractivity (Wildman–Crippen MR) is 96.0 cm³/mol. The third-order valence-electron chi connectivity index (χ3n) is 4.14. The van der Waals surface area contributed by atoms with Crippen LogP contribution >= 0.6 is 0 Å². The average molecular weight is 336 g/mol. The van der Waals surface area contributed by atoms with Crippen molar-refractivity contribution in [1.29, 1.82) is 0 Å². The molecule has 6 heteroatoms. The molecule has 0 amide bonds. The van der Waals surface area contributed by atoms with Crippen LogP contribution in [0.4, 0.5) is 4.39 Å². The van der Waals surface area contributed by atoms with E-state index in [4.69, 9.17) is 4.74 Å². The Labute approximate surface area is 144 Å². The molecular formula is C18H29FN4O. The number of halogens is 1. The molecule has 0 unspecified atom stereocenters.